The number of nitrogens with zero attached hydrogens (tertiary/aromatic N) is 4. The smallest absolute Gasteiger partial charge is 0.263 e. The highest BCUT2D eigenvalue weighted by Gasteiger charge is 2.26. The molecule has 32 heavy (non-hydrogen) atoms. The number of nitrogens with one attached hydrogen (secondary N) is 2. The van der Waals surface area contributed by atoms with E-state index in [0.29, 0.717) is 42.2 Å². The lowest BCUT2D eigenvalue weighted by Crippen LogP contribution is -2.48. The fourth-order valence-corrected chi connectivity index (χ4v) is 3.97. The molecule has 0 bridgehead atoms. The van der Waals surface area contributed by atoms with Crippen molar-refractivity contribution in [2.75, 3.05) is 18.4 Å². The Labute approximate surface area is 186 Å². The van der Waals surface area contributed by atoms with Crippen LogP contribution in [0.3, 0.4) is 0 Å². The Kier molecular flexibility index (Phi) is 5.77. The fourth-order valence-electron chi connectivity index (χ4n) is 3.97. The van der Waals surface area contributed by atoms with E-state index in [2.05, 4.69) is 20.4 Å². The van der Waals surface area contributed by atoms with Crippen LogP contribution in [0.2, 0.25) is 0 Å². The zero-order chi connectivity index (χ0) is 23.0. The number of anilines is 1. The Balaban J connectivity index is 1.46. The molecule has 1 saturated heterocycles. The van der Waals surface area contributed by atoms with Gasteiger partial charge in [0, 0.05) is 25.2 Å². The maximum atomic E-state index is 12.8. The number of morpholine rings is 1. The van der Waals surface area contributed by atoms with Crippen LogP contribution in [0.25, 0.3) is 11.0 Å². The summed E-state index contributed by atoms with van der Waals surface area (Å²) in [6.45, 7) is 11.6. The molecule has 2 atom stereocenters. The van der Waals surface area contributed by atoms with Crippen LogP contribution in [-0.2, 0) is 16.8 Å². The molecule has 2 N–H and O–H groups in total. The Morgan fingerprint density at radius 2 is 1.84 bits per heavy atom. The summed E-state index contributed by atoms with van der Waals surface area (Å²) in [6.07, 6.45) is 1.61. The minimum absolute atomic E-state index is 0.0124. The number of aromatic nitrogens is 4. The first-order chi connectivity index (χ1) is 15.1. The second-order valence-electron chi connectivity index (χ2n) is 9.40. The second kappa shape index (κ2) is 8.38. The molecule has 0 spiro atoms. The van der Waals surface area contributed by atoms with Crippen LogP contribution >= 0.6 is 0 Å². The zero-order valence-electron chi connectivity index (χ0n) is 19.2. The van der Waals surface area contributed by atoms with E-state index in [0.717, 1.165) is 5.56 Å². The van der Waals surface area contributed by atoms with E-state index >= 15 is 0 Å². The van der Waals surface area contributed by atoms with Crippen LogP contribution < -0.4 is 10.9 Å². The third-order valence-corrected chi connectivity index (χ3v) is 5.44. The molecule has 2 aromatic heterocycles. The second-order valence-corrected chi connectivity index (χ2v) is 9.40. The van der Waals surface area contributed by atoms with Crippen molar-refractivity contribution >= 4 is 22.9 Å². The fraction of sp³-hybridized carbons (Fsp3) is 0.478. The minimum atomic E-state index is -0.293. The van der Waals surface area contributed by atoms with Crippen molar-refractivity contribution in [1.82, 2.24) is 24.6 Å². The number of fused-ring (bicyclic) bond motifs is 1. The SMILES string of the molecule is CC1CN(C(=O)c2ccc(CNc3nc4c(cnn4C(C)(C)C)c(=O)[nH]3)cc2)CC(C)O1. The van der Waals surface area contributed by atoms with Gasteiger partial charge < -0.3 is 15.0 Å². The molecule has 1 aliphatic rings. The van der Waals surface area contributed by atoms with E-state index in [4.69, 9.17) is 4.74 Å². The Hall–Kier alpha value is -3.20. The molecule has 1 aromatic carbocycles. The summed E-state index contributed by atoms with van der Waals surface area (Å²) in [5, 5.41) is 7.95. The predicted octanol–water partition coefficient (Wildman–Crippen LogP) is 2.74. The quantitative estimate of drug-likeness (QED) is 0.649. The third kappa shape index (κ3) is 4.52. The van der Waals surface area contributed by atoms with Crippen molar-refractivity contribution in [3.05, 3.63) is 51.9 Å². The van der Waals surface area contributed by atoms with Gasteiger partial charge in [0.25, 0.3) is 11.5 Å². The largest absolute Gasteiger partial charge is 0.372 e. The molecule has 1 fully saturated rings. The molecule has 9 heteroatoms. The number of hydrogen-bond donors (Lipinski definition) is 2. The van der Waals surface area contributed by atoms with Crippen LogP contribution in [0.1, 0.15) is 50.5 Å². The maximum Gasteiger partial charge on any atom is 0.263 e. The van der Waals surface area contributed by atoms with Gasteiger partial charge in [-0.15, -0.1) is 0 Å². The molecule has 4 rings (SSSR count). The first-order valence-corrected chi connectivity index (χ1v) is 10.9. The summed E-state index contributed by atoms with van der Waals surface area (Å²) in [5.74, 6) is 0.392. The number of carbonyl (C=O) groups is 1. The number of rotatable bonds is 4. The van der Waals surface area contributed by atoms with Gasteiger partial charge in [-0.25, -0.2) is 4.68 Å². The number of H-pyrrole nitrogens is 1. The molecule has 1 aliphatic heterocycles. The van der Waals surface area contributed by atoms with Crippen molar-refractivity contribution < 1.29 is 9.53 Å². The number of carbonyl (C=O) groups excluding carboxylic acids is 1. The monoisotopic (exact) mass is 438 g/mol. The topological polar surface area (TPSA) is 105 Å². The summed E-state index contributed by atoms with van der Waals surface area (Å²) in [5.41, 5.74) is 1.63. The van der Waals surface area contributed by atoms with Gasteiger partial charge in [-0.1, -0.05) is 12.1 Å². The molecule has 0 aliphatic carbocycles. The predicted molar refractivity (Wildman–Crippen MR) is 123 cm³/mol. The van der Waals surface area contributed by atoms with Crippen molar-refractivity contribution in [3.63, 3.8) is 0 Å². The van der Waals surface area contributed by atoms with Gasteiger partial charge in [-0.2, -0.15) is 10.1 Å². The van der Waals surface area contributed by atoms with Crippen molar-refractivity contribution in [2.45, 2.75) is 58.9 Å². The molecule has 0 saturated carbocycles. The molecule has 0 radical (unpaired) electrons. The third-order valence-electron chi connectivity index (χ3n) is 5.44. The summed E-state index contributed by atoms with van der Waals surface area (Å²) in [4.78, 5) is 34.4. The number of aromatic amines is 1. The van der Waals surface area contributed by atoms with Crippen LogP contribution in [-0.4, -0.2) is 55.9 Å². The number of ether oxygens (including phenoxy) is 1. The van der Waals surface area contributed by atoms with Crippen LogP contribution in [0.15, 0.2) is 35.3 Å². The van der Waals surface area contributed by atoms with Crippen LogP contribution in [0.5, 0.6) is 0 Å². The Bertz CT molecular complexity index is 1170. The van der Waals surface area contributed by atoms with E-state index < -0.39 is 0 Å². The lowest BCUT2D eigenvalue weighted by Gasteiger charge is -2.35. The van der Waals surface area contributed by atoms with Crippen LogP contribution in [0, 0.1) is 0 Å². The first-order valence-electron chi connectivity index (χ1n) is 10.9. The number of benzene rings is 1. The van der Waals surface area contributed by atoms with Crippen molar-refractivity contribution in [3.8, 4) is 0 Å². The standard InChI is InChI=1S/C23H30N6O3/c1-14-12-28(13-15(2)32-14)21(31)17-8-6-16(7-9-17)10-24-22-26-19-18(20(30)27-22)11-25-29(19)23(3,4)5/h6-9,11,14-15H,10,12-13H2,1-5H3,(H2,24,26,27,30). The van der Waals surface area contributed by atoms with Gasteiger partial charge in [0.15, 0.2) is 5.65 Å². The average molecular weight is 439 g/mol. The first kappa shape index (κ1) is 22.0. The van der Waals surface area contributed by atoms with Gasteiger partial charge in [-0.05, 0) is 52.3 Å². The van der Waals surface area contributed by atoms with E-state index in [1.807, 2.05) is 63.8 Å². The zero-order valence-corrected chi connectivity index (χ0v) is 19.2. The van der Waals surface area contributed by atoms with E-state index in [9.17, 15) is 9.59 Å². The summed E-state index contributed by atoms with van der Waals surface area (Å²) >= 11 is 0. The van der Waals surface area contributed by atoms with Gasteiger partial charge in [0.05, 0.1) is 23.9 Å². The average Bonchev–Trinajstić information content (AvgIpc) is 3.16. The van der Waals surface area contributed by atoms with E-state index in [1.54, 1.807) is 10.9 Å². The van der Waals surface area contributed by atoms with Gasteiger partial charge in [0.2, 0.25) is 5.95 Å². The van der Waals surface area contributed by atoms with Crippen molar-refractivity contribution in [1.29, 1.82) is 0 Å². The van der Waals surface area contributed by atoms with E-state index in [-0.39, 0.29) is 29.2 Å². The maximum absolute atomic E-state index is 12.8. The molecule has 2 unspecified atom stereocenters. The summed E-state index contributed by atoms with van der Waals surface area (Å²) in [6, 6.07) is 7.48. The highest BCUT2D eigenvalue weighted by molar-refractivity contribution is 5.94. The normalized spacial score (nSPS) is 19.3. The Morgan fingerprint density at radius 1 is 1.19 bits per heavy atom. The summed E-state index contributed by atoms with van der Waals surface area (Å²) in [7, 11) is 0. The molecular formula is C23H30N6O3. The molecule has 9 nitrogen and oxygen atoms in total. The summed E-state index contributed by atoms with van der Waals surface area (Å²) < 4.78 is 7.46. The van der Waals surface area contributed by atoms with Crippen LogP contribution in [0.4, 0.5) is 5.95 Å². The van der Waals surface area contributed by atoms with E-state index in [1.165, 1.54) is 0 Å². The number of amides is 1. The lowest BCUT2D eigenvalue weighted by molar-refractivity contribution is -0.0586. The molecule has 3 heterocycles. The van der Waals surface area contributed by atoms with Crippen molar-refractivity contribution in [2.24, 2.45) is 0 Å². The molecular weight excluding hydrogens is 408 g/mol. The minimum Gasteiger partial charge on any atom is -0.372 e. The Morgan fingerprint density at radius 3 is 2.47 bits per heavy atom. The molecule has 1 amide bonds. The lowest BCUT2D eigenvalue weighted by atomic mass is 10.1. The molecule has 170 valence electrons. The highest BCUT2D eigenvalue weighted by Crippen LogP contribution is 2.19. The van der Waals surface area contributed by atoms with Gasteiger partial charge in [-0.3, -0.25) is 14.6 Å². The molecule has 3 aromatic rings. The van der Waals surface area contributed by atoms with Gasteiger partial charge >= 0.3 is 0 Å². The highest BCUT2D eigenvalue weighted by atomic mass is 16.5. The van der Waals surface area contributed by atoms with Gasteiger partial charge in [0.1, 0.15) is 5.39 Å². The number of hydrogen-bond acceptors (Lipinski definition) is 6.